The highest BCUT2D eigenvalue weighted by Crippen LogP contribution is 2.34. The van der Waals surface area contributed by atoms with Gasteiger partial charge in [0.1, 0.15) is 17.2 Å². The number of hydrogen-bond donors (Lipinski definition) is 2. The molecule has 0 unspecified atom stereocenters. The van der Waals surface area contributed by atoms with Crippen LogP contribution in [0.15, 0.2) is 48.8 Å². The Kier molecular flexibility index (Phi) is 9.87. The maximum Gasteiger partial charge on any atom is 0.421 e. The highest BCUT2D eigenvalue weighted by atomic mass is 32.2. The average molecular weight is 582 g/mol. The van der Waals surface area contributed by atoms with Crippen molar-refractivity contribution < 1.29 is 31.1 Å². The first kappa shape index (κ1) is 30.6. The van der Waals surface area contributed by atoms with Crippen LogP contribution in [0, 0.1) is 0 Å². The van der Waals surface area contributed by atoms with Gasteiger partial charge in [-0.05, 0) is 36.8 Å². The van der Waals surface area contributed by atoms with Crippen LogP contribution >= 0.6 is 0 Å². The number of carbonyl (C=O) groups is 1. The number of amides is 1. The Morgan fingerprint density at radius 1 is 1.10 bits per heavy atom. The average Bonchev–Trinajstić information content (AvgIpc) is 2.90. The Labute approximate surface area is 230 Å². The fraction of sp³-hybridized carbons (Fsp3) is 0.360. The van der Waals surface area contributed by atoms with E-state index in [1.54, 1.807) is 55.5 Å². The van der Waals surface area contributed by atoms with Gasteiger partial charge in [0.15, 0.2) is 0 Å². The summed E-state index contributed by atoms with van der Waals surface area (Å²) in [6, 6.07) is 9.44. The summed E-state index contributed by atoms with van der Waals surface area (Å²) in [7, 11) is 0.915. The molecular formula is C25H30F3N7O4S. The largest absolute Gasteiger partial charge is 0.421 e. The molecule has 11 nitrogen and oxygen atoms in total. The van der Waals surface area contributed by atoms with Crippen molar-refractivity contribution in [1.82, 2.24) is 19.9 Å². The van der Waals surface area contributed by atoms with Gasteiger partial charge in [-0.15, -0.1) is 0 Å². The van der Waals surface area contributed by atoms with Crippen molar-refractivity contribution in [1.29, 1.82) is 0 Å². The Balaban J connectivity index is 1.79. The standard InChI is InChI=1S/C25H30F3N7O4S/c1-34(13-6-14-39-3)23(36)17-8-10-19(11-9-17)32-24-31-16-20(25(26,27)28)21(33-24)30-15-18-7-5-12-29-22(18)35(2)40(4,37)38/h5,7-12,16H,6,13-15H2,1-4H3,(H2,30,31,32,33). The molecule has 216 valence electrons. The Morgan fingerprint density at radius 2 is 1.80 bits per heavy atom. The molecular weight excluding hydrogens is 551 g/mol. The number of anilines is 4. The molecule has 2 heterocycles. The molecule has 2 N–H and O–H groups in total. The molecule has 0 aliphatic carbocycles. The molecule has 1 amide bonds. The lowest BCUT2D eigenvalue weighted by molar-refractivity contribution is -0.137. The maximum atomic E-state index is 13.7. The summed E-state index contributed by atoms with van der Waals surface area (Å²) in [5.74, 6) is -0.745. The molecule has 1 aromatic carbocycles. The van der Waals surface area contributed by atoms with Crippen LogP contribution in [0.3, 0.4) is 0 Å². The minimum atomic E-state index is -4.75. The molecule has 0 fully saturated rings. The van der Waals surface area contributed by atoms with Crippen LogP contribution in [0.25, 0.3) is 0 Å². The molecule has 0 saturated carbocycles. The zero-order chi connectivity index (χ0) is 29.5. The SMILES string of the molecule is COCCCN(C)C(=O)c1ccc(Nc2ncc(C(F)(F)F)c(NCc3cccnc3N(C)S(C)(=O)=O)n2)cc1. The third kappa shape index (κ3) is 8.02. The van der Waals surface area contributed by atoms with Crippen molar-refractivity contribution in [2.45, 2.75) is 19.1 Å². The van der Waals surface area contributed by atoms with Crippen LogP contribution in [-0.4, -0.2) is 74.8 Å². The monoisotopic (exact) mass is 581 g/mol. The van der Waals surface area contributed by atoms with E-state index in [4.69, 9.17) is 4.74 Å². The predicted octanol–water partition coefficient (Wildman–Crippen LogP) is 3.75. The van der Waals surface area contributed by atoms with Gasteiger partial charge < -0.3 is 20.3 Å². The Hall–Kier alpha value is -3.98. The van der Waals surface area contributed by atoms with Crippen LogP contribution < -0.4 is 14.9 Å². The van der Waals surface area contributed by atoms with Gasteiger partial charge in [0, 0.05) is 70.1 Å². The Morgan fingerprint density at radius 3 is 2.42 bits per heavy atom. The van der Waals surface area contributed by atoms with Gasteiger partial charge in [0.2, 0.25) is 16.0 Å². The fourth-order valence-corrected chi connectivity index (χ4v) is 4.04. The topological polar surface area (TPSA) is 130 Å². The third-order valence-electron chi connectivity index (χ3n) is 5.78. The number of methoxy groups -OCH3 is 1. The number of alkyl halides is 3. The number of hydrogen-bond acceptors (Lipinski definition) is 9. The second-order valence-electron chi connectivity index (χ2n) is 8.80. The van der Waals surface area contributed by atoms with Gasteiger partial charge in [-0.3, -0.25) is 9.10 Å². The van der Waals surface area contributed by atoms with Crippen molar-refractivity contribution in [3.05, 3.63) is 65.5 Å². The first-order valence-electron chi connectivity index (χ1n) is 12.0. The highest BCUT2D eigenvalue weighted by Gasteiger charge is 2.35. The zero-order valence-electron chi connectivity index (χ0n) is 22.4. The number of rotatable bonds is 12. The van der Waals surface area contributed by atoms with Crippen LogP contribution in [0.1, 0.15) is 27.9 Å². The summed E-state index contributed by atoms with van der Waals surface area (Å²) in [4.78, 5) is 26.0. The quantitative estimate of drug-likeness (QED) is 0.307. The fourth-order valence-electron chi connectivity index (χ4n) is 3.57. The van der Waals surface area contributed by atoms with Gasteiger partial charge in [0.05, 0.1) is 6.26 Å². The molecule has 15 heteroatoms. The van der Waals surface area contributed by atoms with E-state index in [1.165, 1.54) is 13.2 Å². The smallest absolute Gasteiger partial charge is 0.385 e. The summed E-state index contributed by atoms with van der Waals surface area (Å²) in [5, 5.41) is 5.47. The first-order chi connectivity index (χ1) is 18.8. The van der Waals surface area contributed by atoms with Gasteiger partial charge in [-0.1, -0.05) is 6.07 Å². The van der Waals surface area contributed by atoms with Gasteiger partial charge in [-0.25, -0.2) is 18.4 Å². The number of benzene rings is 1. The van der Waals surface area contributed by atoms with E-state index in [0.29, 0.717) is 42.6 Å². The molecule has 0 saturated heterocycles. The summed E-state index contributed by atoms with van der Waals surface area (Å²) >= 11 is 0. The lowest BCUT2D eigenvalue weighted by Crippen LogP contribution is -2.28. The highest BCUT2D eigenvalue weighted by molar-refractivity contribution is 7.92. The van der Waals surface area contributed by atoms with E-state index in [9.17, 15) is 26.4 Å². The van der Waals surface area contributed by atoms with Crippen molar-refractivity contribution >= 4 is 39.2 Å². The summed E-state index contributed by atoms with van der Waals surface area (Å²) in [6.45, 7) is 0.857. The number of pyridine rings is 1. The molecule has 3 aromatic rings. The van der Waals surface area contributed by atoms with Crippen molar-refractivity contribution in [3.8, 4) is 0 Å². The lowest BCUT2D eigenvalue weighted by Gasteiger charge is -2.20. The van der Waals surface area contributed by atoms with E-state index < -0.39 is 27.6 Å². The molecule has 0 atom stereocenters. The number of nitrogens with zero attached hydrogens (tertiary/aromatic N) is 5. The van der Waals surface area contributed by atoms with Crippen LogP contribution in [0.2, 0.25) is 0 Å². The van der Waals surface area contributed by atoms with E-state index in [1.807, 2.05) is 0 Å². The van der Waals surface area contributed by atoms with E-state index in [2.05, 4.69) is 25.6 Å². The third-order valence-corrected chi connectivity index (χ3v) is 6.95. The van der Waals surface area contributed by atoms with E-state index in [0.717, 1.165) is 10.6 Å². The van der Waals surface area contributed by atoms with E-state index >= 15 is 0 Å². The minimum absolute atomic E-state index is 0.0671. The number of halogens is 3. The zero-order valence-corrected chi connectivity index (χ0v) is 23.2. The van der Waals surface area contributed by atoms with Gasteiger partial charge in [-0.2, -0.15) is 18.2 Å². The second-order valence-corrected chi connectivity index (χ2v) is 10.8. The molecule has 40 heavy (non-hydrogen) atoms. The molecule has 0 aliphatic heterocycles. The molecule has 0 bridgehead atoms. The summed E-state index contributed by atoms with van der Waals surface area (Å²) in [5.41, 5.74) is 0.127. The van der Waals surface area contributed by atoms with Crippen molar-refractivity contribution in [3.63, 3.8) is 0 Å². The predicted molar refractivity (Wildman–Crippen MR) is 145 cm³/mol. The summed E-state index contributed by atoms with van der Waals surface area (Å²) in [6.07, 6.45) is -1.04. The van der Waals surface area contributed by atoms with Crippen LogP contribution in [0.5, 0.6) is 0 Å². The minimum Gasteiger partial charge on any atom is -0.385 e. The molecule has 3 rings (SSSR count). The van der Waals surface area contributed by atoms with E-state index in [-0.39, 0.29) is 24.2 Å². The molecule has 0 radical (unpaired) electrons. The normalized spacial score (nSPS) is 11.7. The van der Waals surface area contributed by atoms with Gasteiger partial charge in [0.25, 0.3) is 5.91 Å². The number of carbonyl (C=O) groups excluding carboxylic acids is 1. The maximum absolute atomic E-state index is 13.7. The number of aromatic nitrogens is 3. The molecule has 0 spiro atoms. The Bertz CT molecular complexity index is 1420. The lowest BCUT2D eigenvalue weighted by atomic mass is 10.2. The van der Waals surface area contributed by atoms with Crippen molar-refractivity contribution in [2.24, 2.45) is 0 Å². The van der Waals surface area contributed by atoms with Crippen molar-refractivity contribution in [2.75, 3.05) is 55.6 Å². The molecule has 0 aliphatic rings. The van der Waals surface area contributed by atoms with Gasteiger partial charge >= 0.3 is 6.18 Å². The number of ether oxygens (including phenoxy) is 1. The molecule has 2 aromatic heterocycles. The van der Waals surface area contributed by atoms with Crippen LogP contribution in [0.4, 0.5) is 36.4 Å². The number of sulfonamides is 1. The number of nitrogens with one attached hydrogen (secondary N) is 2. The summed E-state index contributed by atoms with van der Waals surface area (Å²) < 4.78 is 71.0. The van der Waals surface area contributed by atoms with Crippen LogP contribution in [-0.2, 0) is 27.5 Å². The first-order valence-corrected chi connectivity index (χ1v) is 13.8. The second kappa shape index (κ2) is 12.9.